The number of hydrogen-bond acceptors (Lipinski definition) is 2. The summed E-state index contributed by atoms with van der Waals surface area (Å²) in [5, 5.41) is 3.50. The van der Waals surface area contributed by atoms with Gasteiger partial charge in [0.2, 0.25) is 0 Å². The molecule has 1 aliphatic rings. The molecule has 1 N–H and O–H groups in total. The molecule has 1 aromatic rings. The summed E-state index contributed by atoms with van der Waals surface area (Å²) in [6, 6.07) is 2.00. The van der Waals surface area contributed by atoms with Crippen molar-refractivity contribution in [1.29, 1.82) is 0 Å². The second-order valence-corrected chi connectivity index (χ2v) is 5.86. The third-order valence-corrected chi connectivity index (χ3v) is 4.62. The molecule has 0 amide bonds. The molecule has 0 aliphatic heterocycles. The Bertz CT molecular complexity index is 359. The highest BCUT2D eigenvalue weighted by atomic mass is 79.9. The molecule has 2 unspecified atom stereocenters. The number of alkyl halides is 1. The molecule has 0 bridgehead atoms. The summed E-state index contributed by atoms with van der Waals surface area (Å²) in [7, 11) is 0. The van der Waals surface area contributed by atoms with E-state index in [9.17, 15) is 0 Å². The van der Waals surface area contributed by atoms with E-state index in [1.165, 1.54) is 25.7 Å². The molecule has 1 heterocycles. The third kappa shape index (κ3) is 3.59. The van der Waals surface area contributed by atoms with Crippen LogP contribution < -0.4 is 5.32 Å². The van der Waals surface area contributed by atoms with Gasteiger partial charge in [0.05, 0.1) is 10.2 Å². The Labute approximate surface area is 116 Å². The van der Waals surface area contributed by atoms with Crippen molar-refractivity contribution in [3.63, 3.8) is 0 Å². The summed E-state index contributed by atoms with van der Waals surface area (Å²) < 4.78 is 1.03. The Balaban J connectivity index is 1.90. The van der Waals surface area contributed by atoms with Gasteiger partial charge in [-0.3, -0.25) is 4.98 Å². The van der Waals surface area contributed by atoms with Crippen LogP contribution >= 0.6 is 27.5 Å². The summed E-state index contributed by atoms with van der Waals surface area (Å²) in [6.07, 6.45) is 8.90. The minimum atomic E-state index is 0.679. The van der Waals surface area contributed by atoms with E-state index in [0.29, 0.717) is 11.8 Å². The minimum Gasteiger partial charge on any atom is -0.384 e. The number of pyridine rings is 1. The van der Waals surface area contributed by atoms with Crippen molar-refractivity contribution in [2.24, 2.45) is 11.8 Å². The topological polar surface area (TPSA) is 24.9 Å². The smallest absolute Gasteiger partial charge is 0.0590 e. The summed E-state index contributed by atoms with van der Waals surface area (Å²) in [5.74, 6) is 2.18. The third-order valence-electron chi connectivity index (χ3n) is 3.59. The lowest BCUT2D eigenvalue weighted by Crippen LogP contribution is -2.27. The molecule has 1 saturated carbocycles. The maximum atomic E-state index is 6.04. The second kappa shape index (κ2) is 6.60. The average molecular weight is 318 g/mol. The molecule has 1 fully saturated rings. The number of nitrogens with one attached hydrogen (secondary N) is 1. The van der Waals surface area contributed by atoms with Gasteiger partial charge in [-0.1, -0.05) is 12.8 Å². The van der Waals surface area contributed by atoms with Crippen LogP contribution in [0.25, 0.3) is 0 Å². The molecule has 17 heavy (non-hydrogen) atoms. The fourth-order valence-corrected chi connectivity index (χ4v) is 3.31. The van der Waals surface area contributed by atoms with Crippen LogP contribution in [-0.4, -0.2) is 17.4 Å². The second-order valence-electron chi connectivity index (χ2n) is 4.70. The zero-order chi connectivity index (χ0) is 12.1. The van der Waals surface area contributed by atoms with E-state index in [1.54, 1.807) is 0 Å². The lowest BCUT2D eigenvalue weighted by Gasteiger charge is -2.30. The first kappa shape index (κ1) is 13.2. The first-order valence-electron chi connectivity index (χ1n) is 6.20. The summed E-state index contributed by atoms with van der Waals surface area (Å²) in [4.78, 5) is 4.06. The van der Waals surface area contributed by atoms with Crippen molar-refractivity contribution in [2.75, 3.05) is 17.7 Å². The molecule has 94 valence electrons. The van der Waals surface area contributed by atoms with E-state index in [0.717, 1.165) is 22.6 Å². The largest absolute Gasteiger partial charge is 0.384 e. The van der Waals surface area contributed by atoms with Gasteiger partial charge in [0.15, 0.2) is 0 Å². The van der Waals surface area contributed by atoms with Gasteiger partial charge in [-0.15, -0.1) is 11.6 Å². The summed E-state index contributed by atoms with van der Waals surface area (Å²) in [5.41, 5.74) is 1.12. The zero-order valence-corrected chi connectivity index (χ0v) is 12.2. The number of halogens is 2. The van der Waals surface area contributed by atoms with Crippen LogP contribution in [0, 0.1) is 11.8 Å². The number of anilines is 1. The molecule has 0 spiro atoms. The Morgan fingerprint density at radius 1 is 1.35 bits per heavy atom. The van der Waals surface area contributed by atoms with Gasteiger partial charge in [-0.05, 0) is 46.7 Å². The Hall–Kier alpha value is -0.280. The van der Waals surface area contributed by atoms with Gasteiger partial charge < -0.3 is 5.32 Å². The molecule has 2 nitrogen and oxygen atoms in total. The van der Waals surface area contributed by atoms with E-state index >= 15 is 0 Å². The minimum absolute atomic E-state index is 0.679. The average Bonchev–Trinajstić information content (AvgIpc) is 2.38. The number of rotatable bonds is 4. The predicted octanol–water partition coefficient (Wildman–Crippen LogP) is 4.30. The molecule has 0 aromatic carbocycles. The molecule has 4 heteroatoms. The molecular weight excluding hydrogens is 300 g/mol. The van der Waals surface area contributed by atoms with Crippen molar-refractivity contribution in [2.45, 2.75) is 25.7 Å². The fraction of sp³-hybridized carbons (Fsp3) is 0.615. The van der Waals surface area contributed by atoms with Gasteiger partial charge in [0.1, 0.15) is 0 Å². The van der Waals surface area contributed by atoms with E-state index in [4.69, 9.17) is 11.6 Å². The van der Waals surface area contributed by atoms with E-state index < -0.39 is 0 Å². The van der Waals surface area contributed by atoms with Crippen LogP contribution in [0.4, 0.5) is 5.69 Å². The number of hydrogen-bond donors (Lipinski definition) is 1. The van der Waals surface area contributed by atoms with Crippen LogP contribution in [0.5, 0.6) is 0 Å². The van der Waals surface area contributed by atoms with Gasteiger partial charge in [-0.2, -0.15) is 0 Å². The first-order chi connectivity index (χ1) is 8.31. The summed E-state index contributed by atoms with van der Waals surface area (Å²) in [6.45, 7) is 1.01. The molecule has 0 radical (unpaired) electrons. The molecule has 2 rings (SSSR count). The highest BCUT2D eigenvalue weighted by Gasteiger charge is 2.24. The van der Waals surface area contributed by atoms with Crippen LogP contribution in [0.1, 0.15) is 25.7 Å². The highest BCUT2D eigenvalue weighted by molar-refractivity contribution is 9.10. The lowest BCUT2D eigenvalue weighted by atomic mass is 9.80. The van der Waals surface area contributed by atoms with Crippen molar-refractivity contribution >= 4 is 33.2 Å². The van der Waals surface area contributed by atoms with Crippen molar-refractivity contribution in [3.05, 3.63) is 22.9 Å². The van der Waals surface area contributed by atoms with Gasteiger partial charge in [0, 0.05) is 24.8 Å². The standard InChI is InChI=1S/C13H18BrClN2/c14-12-9-16-6-5-13(12)17-8-11-4-2-1-3-10(11)7-15/h5-6,9-11H,1-4,7-8H2,(H,16,17). The highest BCUT2D eigenvalue weighted by Crippen LogP contribution is 2.31. The van der Waals surface area contributed by atoms with E-state index in [-0.39, 0.29) is 0 Å². The Morgan fingerprint density at radius 2 is 2.12 bits per heavy atom. The van der Waals surface area contributed by atoms with Crippen molar-refractivity contribution in [3.8, 4) is 0 Å². The Kier molecular flexibility index (Phi) is 5.11. The Morgan fingerprint density at radius 3 is 2.82 bits per heavy atom. The van der Waals surface area contributed by atoms with Crippen LogP contribution in [-0.2, 0) is 0 Å². The molecule has 0 saturated heterocycles. The first-order valence-corrected chi connectivity index (χ1v) is 7.53. The van der Waals surface area contributed by atoms with Crippen molar-refractivity contribution in [1.82, 2.24) is 4.98 Å². The van der Waals surface area contributed by atoms with Crippen molar-refractivity contribution < 1.29 is 0 Å². The van der Waals surface area contributed by atoms with Crippen LogP contribution in [0.2, 0.25) is 0 Å². The normalized spacial score (nSPS) is 24.6. The monoisotopic (exact) mass is 316 g/mol. The maximum absolute atomic E-state index is 6.04. The summed E-state index contributed by atoms with van der Waals surface area (Å²) >= 11 is 9.54. The van der Waals surface area contributed by atoms with Crippen LogP contribution in [0.3, 0.4) is 0 Å². The zero-order valence-electron chi connectivity index (χ0n) is 9.83. The van der Waals surface area contributed by atoms with Gasteiger partial charge in [0.25, 0.3) is 0 Å². The quantitative estimate of drug-likeness (QED) is 0.837. The van der Waals surface area contributed by atoms with Gasteiger partial charge in [-0.25, -0.2) is 0 Å². The van der Waals surface area contributed by atoms with Gasteiger partial charge >= 0.3 is 0 Å². The molecule has 1 aliphatic carbocycles. The van der Waals surface area contributed by atoms with E-state index in [2.05, 4.69) is 26.2 Å². The number of nitrogens with zero attached hydrogens (tertiary/aromatic N) is 1. The predicted molar refractivity (Wildman–Crippen MR) is 76.6 cm³/mol. The van der Waals surface area contributed by atoms with Crippen LogP contribution in [0.15, 0.2) is 22.9 Å². The SMILES string of the molecule is ClCC1CCCCC1CNc1ccncc1Br. The number of aromatic nitrogens is 1. The molecule has 2 atom stereocenters. The molecular formula is C13H18BrClN2. The fourth-order valence-electron chi connectivity index (χ4n) is 2.52. The molecule has 1 aromatic heterocycles. The maximum Gasteiger partial charge on any atom is 0.0590 e. The lowest BCUT2D eigenvalue weighted by molar-refractivity contribution is 0.272. The van der Waals surface area contributed by atoms with E-state index in [1.807, 2.05) is 18.5 Å².